The molecule has 0 aromatic rings. The topological polar surface area (TPSA) is 40.5 Å². The van der Waals surface area contributed by atoms with Gasteiger partial charge < -0.3 is 10.2 Å². The van der Waals surface area contributed by atoms with E-state index in [1.54, 1.807) is 5.57 Å². The second kappa shape index (κ2) is 12.4. The average Bonchev–Trinajstić information content (AvgIpc) is 3.02. The molecule has 2 saturated carbocycles. The number of fused-ring (bicyclic) bond motifs is 1. The molecule has 2 aliphatic carbocycles. The van der Waals surface area contributed by atoms with Gasteiger partial charge in [-0.15, -0.1) is 0 Å². The molecular weight excluding hydrogens is 368 g/mol. The van der Waals surface area contributed by atoms with E-state index in [9.17, 15) is 10.2 Å². The maximum Gasteiger partial charge on any atom is 0.0599 e. The van der Waals surface area contributed by atoms with Crippen LogP contribution in [0.4, 0.5) is 0 Å². The summed E-state index contributed by atoms with van der Waals surface area (Å²) < 4.78 is 0. The Balaban J connectivity index is 1.90. The fraction of sp³-hybridized carbons (Fsp3) is 0.857. The predicted molar refractivity (Wildman–Crippen MR) is 129 cm³/mol. The smallest absolute Gasteiger partial charge is 0.0599 e. The molecule has 0 saturated heterocycles. The SMILES string of the molecule is CCC[C@@H](O)C[C@H](O)C/C=C/C=C1\CCC[C@]2(C)[C@@H]([C@@H](C)CCCC(C)C)CC[C@@H]12. The zero-order valence-corrected chi connectivity index (χ0v) is 20.6. The summed E-state index contributed by atoms with van der Waals surface area (Å²) in [5.41, 5.74) is 2.14. The summed E-state index contributed by atoms with van der Waals surface area (Å²) in [4.78, 5) is 0. The van der Waals surface area contributed by atoms with Crippen LogP contribution in [0, 0.1) is 29.1 Å². The van der Waals surface area contributed by atoms with E-state index >= 15 is 0 Å². The third-order valence-electron chi connectivity index (χ3n) is 8.19. The van der Waals surface area contributed by atoms with Crippen molar-refractivity contribution < 1.29 is 10.2 Å². The summed E-state index contributed by atoms with van der Waals surface area (Å²) in [6.45, 7) is 11.9. The lowest BCUT2D eigenvalue weighted by atomic mass is 9.60. The van der Waals surface area contributed by atoms with E-state index in [0.717, 1.165) is 36.5 Å². The first kappa shape index (κ1) is 25.7. The maximum absolute atomic E-state index is 10.1. The number of aliphatic hydroxyl groups excluding tert-OH is 2. The van der Waals surface area contributed by atoms with Crippen molar-refractivity contribution in [3.8, 4) is 0 Å². The first-order valence-corrected chi connectivity index (χ1v) is 13.0. The average molecular weight is 419 g/mol. The van der Waals surface area contributed by atoms with Crippen LogP contribution in [0.5, 0.6) is 0 Å². The number of hydrogen-bond donors (Lipinski definition) is 2. The van der Waals surface area contributed by atoms with Gasteiger partial charge in [-0.25, -0.2) is 0 Å². The van der Waals surface area contributed by atoms with Gasteiger partial charge in [0, 0.05) is 0 Å². The molecule has 6 atom stereocenters. The van der Waals surface area contributed by atoms with Gasteiger partial charge in [0.1, 0.15) is 0 Å². The fourth-order valence-electron chi connectivity index (χ4n) is 6.55. The molecule has 0 unspecified atom stereocenters. The number of rotatable bonds is 12. The quantitative estimate of drug-likeness (QED) is 0.345. The molecule has 0 bridgehead atoms. The largest absolute Gasteiger partial charge is 0.393 e. The van der Waals surface area contributed by atoms with E-state index in [-0.39, 0.29) is 6.10 Å². The molecule has 2 rings (SSSR count). The molecule has 0 aliphatic heterocycles. The Morgan fingerprint density at radius 2 is 1.83 bits per heavy atom. The van der Waals surface area contributed by atoms with Crippen LogP contribution in [0.25, 0.3) is 0 Å². The van der Waals surface area contributed by atoms with Gasteiger partial charge in [0.25, 0.3) is 0 Å². The minimum absolute atomic E-state index is 0.367. The minimum Gasteiger partial charge on any atom is -0.393 e. The Morgan fingerprint density at radius 3 is 2.53 bits per heavy atom. The normalized spacial score (nSPS) is 31.4. The van der Waals surface area contributed by atoms with E-state index in [2.05, 4.69) is 52.8 Å². The zero-order valence-electron chi connectivity index (χ0n) is 20.6. The molecule has 0 spiro atoms. The van der Waals surface area contributed by atoms with Gasteiger partial charge in [-0.3, -0.25) is 0 Å². The van der Waals surface area contributed by atoms with Crippen molar-refractivity contribution in [2.75, 3.05) is 0 Å². The Bertz CT molecular complexity index is 549. The third-order valence-corrected chi connectivity index (χ3v) is 8.19. The standard InChI is InChI=1S/C28H50O2/c1-6-11-24(29)20-25(30)16-8-7-14-23-15-10-19-28(5)26(17-18-27(23)28)22(4)13-9-12-21(2)3/h7-8,14,21-22,24-27,29-30H,6,9-13,15-20H2,1-5H3/b8-7+,23-14+/t22-,24+,25+,26+,27-,28+/m0/s1. The molecule has 2 nitrogen and oxygen atoms in total. The third kappa shape index (κ3) is 7.23. The molecule has 0 heterocycles. The van der Waals surface area contributed by atoms with Gasteiger partial charge in [-0.05, 0) is 80.5 Å². The Kier molecular flexibility index (Phi) is 10.6. The van der Waals surface area contributed by atoms with Crippen molar-refractivity contribution in [3.05, 3.63) is 23.8 Å². The van der Waals surface area contributed by atoms with Gasteiger partial charge in [0.2, 0.25) is 0 Å². The van der Waals surface area contributed by atoms with E-state index < -0.39 is 6.10 Å². The molecule has 0 radical (unpaired) electrons. The summed E-state index contributed by atoms with van der Waals surface area (Å²) >= 11 is 0. The van der Waals surface area contributed by atoms with Crippen LogP contribution in [-0.4, -0.2) is 22.4 Å². The molecule has 174 valence electrons. The van der Waals surface area contributed by atoms with E-state index in [1.807, 2.05) is 0 Å². The number of allylic oxidation sites excluding steroid dienone is 3. The van der Waals surface area contributed by atoms with Crippen LogP contribution in [0.2, 0.25) is 0 Å². The highest BCUT2D eigenvalue weighted by atomic mass is 16.3. The maximum atomic E-state index is 10.1. The molecule has 2 heteroatoms. The molecule has 0 aromatic carbocycles. The van der Waals surface area contributed by atoms with Crippen LogP contribution < -0.4 is 0 Å². The number of aliphatic hydroxyl groups is 2. The minimum atomic E-state index is -0.430. The summed E-state index contributed by atoms with van der Waals surface area (Å²) in [6, 6.07) is 0. The Morgan fingerprint density at radius 1 is 1.07 bits per heavy atom. The fourth-order valence-corrected chi connectivity index (χ4v) is 6.55. The lowest BCUT2D eigenvalue weighted by Crippen LogP contribution is -2.36. The Hall–Kier alpha value is -0.600. The highest BCUT2D eigenvalue weighted by molar-refractivity contribution is 5.23. The van der Waals surface area contributed by atoms with Gasteiger partial charge in [-0.1, -0.05) is 84.1 Å². The molecule has 30 heavy (non-hydrogen) atoms. The summed E-state index contributed by atoms with van der Waals surface area (Å²) in [6.07, 6.45) is 19.6. The van der Waals surface area contributed by atoms with Gasteiger partial charge in [0.15, 0.2) is 0 Å². The van der Waals surface area contributed by atoms with Crippen LogP contribution in [-0.2, 0) is 0 Å². The van der Waals surface area contributed by atoms with Crippen LogP contribution in [0.15, 0.2) is 23.8 Å². The molecule has 0 amide bonds. The van der Waals surface area contributed by atoms with Gasteiger partial charge in [-0.2, -0.15) is 0 Å². The highest BCUT2D eigenvalue weighted by Gasteiger charge is 2.50. The van der Waals surface area contributed by atoms with Crippen molar-refractivity contribution in [3.63, 3.8) is 0 Å². The molecule has 2 fully saturated rings. The summed E-state index contributed by atoms with van der Waals surface area (Å²) in [5.74, 6) is 3.31. The van der Waals surface area contributed by atoms with Crippen molar-refractivity contribution in [2.24, 2.45) is 29.1 Å². The predicted octanol–water partition coefficient (Wildman–Crippen LogP) is 7.45. The van der Waals surface area contributed by atoms with Crippen molar-refractivity contribution in [1.29, 1.82) is 0 Å². The number of hydrogen-bond acceptors (Lipinski definition) is 2. The first-order valence-electron chi connectivity index (χ1n) is 13.0. The summed E-state index contributed by atoms with van der Waals surface area (Å²) in [5, 5.41) is 20.0. The van der Waals surface area contributed by atoms with Crippen LogP contribution >= 0.6 is 0 Å². The van der Waals surface area contributed by atoms with Crippen molar-refractivity contribution in [1.82, 2.24) is 0 Å². The zero-order chi connectivity index (χ0) is 22.1. The van der Waals surface area contributed by atoms with Gasteiger partial charge >= 0.3 is 0 Å². The van der Waals surface area contributed by atoms with E-state index in [1.165, 1.54) is 51.4 Å². The molecule has 2 N–H and O–H groups in total. The lowest BCUT2D eigenvalue weighted by Gasteiger charge is -2.44. The molecule has 0 aromatic heterocycles. The molecule has 2 aliphatic rings. The van der Waals surface area contributed by atoms with Crippen molar-refractivity contribution in [2.45, 2.75) is 124 Å². The first-order chi connectivity index (χ1) is 14.3. The molecular formula is C28H50O2. The lowest BCUT2D eigenvalue weighted by molar-refractivity contribution is 0.0768. The highest BCUT2D eigenvalue weighted by Crippen LogP contribution is 2.59. The van der Waals surface area contributed by atoms with E-state index in [0.29, 0.717) is 18.3 Å². The van der Waals surface area contributed by atoms with Crippen molar-refractivity contribution >= 4 is 0 Å². The van der Waals surface area contributed by atoms with Crippen LogP contribution in [0.3, 0.4) is 0 Å². The monoisotopic (exact) mass is 418 g/mol. The Labute approximate surface area is 187 Å². The second-order valence-electron chi connectivity index (χ2n) is 11.1. The summed E-state index contributed by atoms with van der Waals surface area (Å²) in [7, 11) is 0. The second-order valence-corrected chi connectivity index (χ2v) is 11.1. The van der Waals surface area contributed by atoms with Crippen LogP contribution in [0.1, 0.15) is 112 Å². The van der Waals surface area contributed by atoms with Gasteiger partial charge in [0.05, 0.1) is 12.2 Å². The van der Waals surface area contributed by atoms with E-state index in [4.69, 9.17) is 0 Å².